The summed E-state index contributed by atoms with van der Waals surface area (Å²) in [5.41, 5.74) is 5.34. The molecule has 0 aromatic heterocycles. The molecule has 0 heterocycles. The summed E-state index contributed by atoms with van der Waals surface area (Å²) in [7, 11) is -4.39. The van der Waals surface area contributed by atoms with Gasteiger partial charge < -0.3 is 20.1 Å². The predicted octanol–water partition coefficient (Wildman–Crippen LogP) is 11.7. The van der Waals surface area contributed by atoms with Gasteiger partial charge in [-0.05, 0) is 77.0 Å². The monoisotopic (exact) mass is 766 g/mol. The van der Waals surface area contributed by atoms with Crippen molar-refractivity contribution in [2.75, 3.05) is 26.4 Å². The number of carbonyl (C=O) groups is 2. The van der Waals surface area contributed by atoms with Gasteiger partial charge in [0.2, 0.25) is 0 Å². The molecule has 0 aliphatic carbocycles. The number of rotatable bonds is 38. The van der Waals surface area contributed by atoms with Gasteiger partial charge in [-0.2, -0.15) is 0 Å². The first-order valence-electron chi connectivity index (χ1n) is 20.8. The Morgan fingerprint density at radius 3 is 1.60 bits per heavy atom. The highest BCUT2D eigenvalue weighted by Gasteiger charge is 2.25. The minimum atomic E-state index is -4.39. The number of ether oxygens (including phenoxy) is 2. The van der Waals surface area contributed by atoms with Crippen LogP contribution < -0.4 is 5.73 Å². The molecule has 3 N–H and O–H groups in total. The van der Waals surface area contributed by atoms with Gasteiger partial charge in [0, 0.05) is 19.4 Å². The van der Waals surface area contributed by atoms with Crippen molar-refractivity contribution in [2.45, 2.75) is 174 Å². The standard InChI is InChI=1S/C43H76NO8P/c1-3-5-7-9-11-13-15-17-19-20-22-24-26-28-30-32-34-36-43(46)52-41(40-51-53(47,48)50-38-37-44)39-49-42(45)35-33-31-29-27-25-23-21-18-16-14-12-10-8-6-4-2/h6,8,12,14,17-19,21,25,27,41H,3-5,7,9-11,13,15-16,20,22-24,26,28-40,44H2,1-2H3,(H,47,48)/b8-6+,14-12+,19-17+,21-18+,27-25+/t41-/m1/s1. The quantitative estimate of drug-likeness (QED) is 0.0272. The Bertz CT molecular complexity index is 1050. The summed E-state index contributed by atoms with van der Waals surface area (Å²) in [4.78, 5) is 34.8. The molecule has 2 atom stereocenters. The van der Waals surface area contributed by atoms with Crippen LogP contribution in [0.4, 0.5) is 0 Å². The van der Waals surface area contributed by atoms with Crippen molar-refractivity contribution in [1.29, 1.82) is 0 Å². The first kappa shape index (κ1) is 50.7. The molecular weight excluding hydrogens is 689 g/mol. The number of nitrogens with two attached hydrogens (primary N) is 1. The molecule has 0 saturated carbocycles. The molecule has 0 aliphatic heterocycles. The van der Waals surface area contributed by atoms with E-state index in [9.17, 15) is 19.0 Å². The summed E-state index contributed by atoms with van der Waals surface area (Å²) in [5.74, 6) is -0.886. The molecule has 0 spiro atoms. The van der Waals surface area contributed by atoms with Gasteiger partial charge in [-0.15, -0.1) is 0 Å². The maximum Gasteiger partial charge on any atom is 0.472 e. The number of carbonyl (C=O) groups excluding carboxylic acids is 2. The molecular formula is C43H76NO8P. The Kier molecular flexibility index (Phi) is 37.7. The zero-order valence-corrected chi connectivity index (χ0v) is 34.4. The molecule has 0 fully saturated rings. The lowest BCUT2D eigenvalue weighted by molar-refractivity contribution is -0.161. The van der Waals surface area contributed by atoms with E-state index in [-0.39, 0.29) is 32.6 Å². The molecule has 0 saturated heterocycles. The topological polar surface area (TPSA) is 134 Å². The second-order valence-corrected chi connectivity index (χ2v) is 14.9. The summed E-state index contributed by atoms with van der Waals surface area (Å²) in [5, 5.41) is 0. The van der Waals surface area contributed by atoms with Crippen molar-refractivity contribution in [3.63, 3.8) is 0 Å². The average Bonchev–Trinajstić information content (AvgIpc) is 3.14. The molecule has 0 aliphatic rings. The van der Waals surface area contributed by atoms with Crippen LogP contribution in [0.2, 0.25) is 0 Å². The zero-order chi connectivity index (χ0) is 38.9. The number of esters is 2. The van der Waals surface area contributed by atoms with E-state index < -0.39 is 32.5 Å². The van der Waals surface area contributed by atoms with Crippen LogP contribution in [-0.2, 0) is 32.7 Å². The molecule has 53 heavy (non-hydrogen) atoms. The molecule has 0 aromatic rings. The van der Waals surface area contributed by atoms with Gasteiger partial charge >= 0.3 is 19.8 Å². The molecule has 0 radical (unpaired) electrons. The van der Waals surface area contributed by atoms with Gasteiger partial charge in [0.25, 0.3) is 0 Å². The van der Waals surface area contributed by atoms with E-state index in [2.05, 4.69) is 74.6 Å². The van der Waals surface area contributed by atoms with Crippen molar-refractivity contribution in [1.82, 2.24) is 0 Å². The Hall–Kier alpha value is -2.29. The van der Waals surface area contributed by atoms with Crippen molar-refractivity contribution < 1.29 is 37.6 Å². The van der Waals surface area contributed by atoms with Gasteiger partial charge in [0.15, 0.2) is 6.10 Å². The van der Waals surface area contributed by atoms with Gasteiger partial charge in [0.1, 0.15) is 6.61 Å². The molecule has 0 rings (SSSR count). The van der Waals surface area contributed by atoms with Crippen LogP contribution >= 0.6 is 7.82 Å². The third-order valence-corrected chi connectivity index (χ3v) is 9.37. The van der Waals surface area contributed by atoms with E-state index in [4.69, 9.17) is 24.3 Å². The summed E-state index contributed by atoms with van der Waals surface area (Å²) in [6.07, 6.45) is 45.4. The van der Waals surface area contributed by atoms with Crippen LogP contribution in [0.15, 0.2) is 60.8 Å². The number of hydrogen-bond donors (Lipinski definition) is 2. The lowest BCUT2D eigenvalue weighted by atomic mass is 10.1. The highest BCUT2D eigenvalue weighted by molar-refractivity contribution is 7.47. The molecule has 1 unspecified atom stereocenters. The van der Waals surface area contributed by atoms with Crippen LogP contribution in [0.1, 0.15) is 168 Å². The van der Waals surface area contributed by atoms with Crippen molar-refractivity contribution >= 4 is 19.8 Å². The third-order valence-electron chi connectivity index (χ3n) is 8.39. The van der Waals surface area contributed by atoms with E-state index in [1.165, 1.54) is 64.2 Å². The summed E-state index contributed by atoms with van der Waals surface area (Å²) in [6, 6.07) is 0. The summed E-state index contributed by atoms with van der Waals surface area (Å²) in [6.45, 7) is 3.55. The minimum Gasteiger partial charge on any atom is -0.462 e. The van der Waals surface area contributed by atoms with Crippen LogP contribution in [0.25, 0.3) is 0 Å². The highest BCUT2D eigenvalue weighted by atomic mass is 31.2. The second kappa shape index (κ2) is 39.4. The number of phosphoric ester groups is 1. The maximum absolute atomic E-state index is 12.6. The summed E-state index contributed by atoms with van der Waals surface area (Å²) < 4.78 is 32.7. The molecule has 306 valence electrons. The first-order valence-corrected chi connectivity index (χ1v) is 22.3. The van der Waals surface area contributed by atoms with Gasteiger partial charge in [-0.3, -0.25) is 18.6 Å². The second-order valence-electron chi connectivity index (χ2n) is 13.5. The van der Waals surface area contributed by atoms with Crippen molar-refractivity contribution in [2.24, 2.45) is 5.73 Å². The van der Waals surface area contributed by atoms with Crippen LogP contribution in [0.3, 0.4) is 0 Å². The fraction of sp³-hybridized carbons (Fsp3) is 0.721. The summed E-state index contributed by atoms with van der Waals surface area (Å²) >= 11 is 0. The number of allylic oxidation sites excluding steroid dienone is 10. The first-order chi connectivity index (χ1) is 25.8. The van der Waals surface area contributed by atoms with Crippen LogP contribution in [0, 0.1) is 0 Å². The van der Waals surface area contributed by atoms with E-state index in [1.807, 2.05) is 0 Å². The maximum atomic E-state index is 12.6. The van der Waals surface area contributed by atoms with Gasteiger partial charge in [0.05, 0.1) is 13.2 Å². The van der Waals surface area contributed by atoms with E-state index in [1.54, 1.807) is 0 Å². The van der Waals surface area contributed by atoms with Crippen molar-refractivity contribution in [3.05, 3.63) is 60.8 Å². The van der Waals surface area contributed by atoms with Gasteiger partial charge in [-0.25, -0.2) is 4.57 Å². The van der Waals surface area contributed by atoms with E-state index in [0.29, 0.717) is 12.8 Å². The SMILES string of the molecule is CC/C=C/C/C=C/C/C=C/C/C=C/CCCCC(=O)OC[C@H](COP(=O)(O)OCCN)OC(=O)CCCCCCCCC/C=C/CCCCCCCC. The lowest BCUT2D eigenvalue weighted by Crippen LogP contribution is -2.29. The Morgan fingerprint density at radius 2 is 1.04 bits per heavy atom. The fourth-order valence-electron chi connectivity index (χ4n) is 5.32. The minimum absolute atomic E-state index is 0.0446. The van der Waals surface area contributed by atoms with E-state index >= 15 is 0 Å². The molecule has 0 aromatic carbocycles. The van der Waals surface area contributed by atoms with Crippen LogP contribution in [0.5, 0.6) is 0 Å². The Morgan fingerprint density at radius 1 is 0.585 bits per heavy atom. The predicted molar refractivity (Wildman–Crippen MR) is 219 cm³/mol. The molecule has 10 heteroatoms. The lowest BCUT2D eigenvalue weighted by Gasteiger charge is -2.19. The fourth-order valence-corrected chi connectivity index (χ4v) is 6.09. The Balaban J connectivity index is 4.25. The average molecular weight is 766 g/mol. The number of hydrogen-bond acceptors (Lipinski definition) is 8. The zero-order valence-electron chi connectivity index (χ0n) is 33.5. The molecule has 9 nitrogen and oxygen atoms in total. The normalized spacial score (nSPS) is 14.0. The third kappa shape index (κ3) is 39.2. The van der Waals surface area contributed by atoms with E-state index in [0.717, 1.165) is 64.2 Å². The smallest absolute Gasteiger partial charge is 0.462 e. The molecule has 0 amide bonds. The van der Waals surface area contributed by atoms with Gasteiger partial charge in [-0.1, -0.05) is 139 Å². The highest BCUT2D eigenvalue weighted by Crippen LogP contribution is 2.43. The van der Waals surface area contributed by atoms with Crippen molar-refractivity contribution in [3.8, 4) is 0 Å². The number of phosphoric acid groups is 1. The van der Waals surface area contributed by atoms with Crippen LogP contribution in [-0.4, -0.2) is 49.3 Å². The Labute approximate surface area is 323 Å². The largest absolute Gasteiger partial charge is 0.472 e. The number of unbranched alkanes of at least 4 members (excludes halogenated alkanes) is 15. The molecule has 0 bridgehead atoms.